The number of benzene rings is 1. The number of ether oxygens (including phenoxy) is 2. The van der Waals surface area contributed by atoms with Crippen LogP contribution in [0.5, 0.6) is 11.5 Å². The standard InChI is InChI=1S/C20H26O5/c1-19(2,18(23)24-5)11-8-15(22)17-13-10-12(21)6-7-14(13)20(3,4)25-16(17)9-11/h8-9,13-14,22H,6-7,10H2,1-5H3. The van der Waals surface area contributed by atoms with Crippen LogP contribution in [0.3, 0.4) is 0 Å². The summed E-state index contributed by atoms with van der Waals surface area (Å²) in [5.41, 5.74) is -0.0129. The molecule has 0 saturated heterocycles. The number of methoxy groups -OCH3 is 1. The van der Waals surface area contributed by atoms with Crippen molar-refractivity contribution in [3.8, 4) is 11.5 Å². The highest BCUT2D eigenvalue weighted by Crippen LogP contribution is 2.54. The molecule has 1 aliphatic carbocycles. The van der Waals surface area contributed by atoms with Crippen molar-refractivity contribution >= 4 is 11.8 Å². The fraction of sp³-hybridized carbons (Fsp3) is 0.600. The van der Waals surface area contributed by atoms with E-state index in [0.717, 1.165) is 6.42 Å². The van der Waals surface area contributed by atoms with Crippen molar-refractivity contribution in [2.75, 3.05) is 7.11 Å². The highest BCUT2D eigenvalue weighted by molar-refractivity contribution is 5.83. The van der Waals surface area contributed by atoms with Gasteiger partial charge in [0, 0.05) is 30.2 Å². The van der Waals surface area contributed by atoms with Gasteiger partial charge >= 0.3 is 5.97 Å². The third kappa shape index (κ3) is 2.79. The van der Waals surface area contributed by atoms with E-state index >= 15 is 0 Å². The first-order valence-electron chi connectivity index (χ1n) is 8.74. The lowest BCUT2D eigenvalue weighted by molar-refractivity contribution is -0.146. The van der Waals surface area contributed by atoms with Gasteiger partial charge in [0.25, 0.3) is 0 Å². The molecule has 2 unspecified atom stereocenters. The predicted molar refractivity (Wildman–Crippen MR) is 92.9 cm³/mol. The van der Waals surface area contributed by atoms with Gasteiger partial charge in [-0.1, -0.05) is 0 Å². The highest BCUT2D eigenvalue weighted by Gasteiger charge is 2.48. The molecule has 25 heavy (non-hydrogen) atoms. The van der Waals surface area contributed by atoms with Gasteiger partial charge in [0.15, 0.2) is 0 Å². The molecule has 3 rings (SSSR count). The number of hydrogen-bond acceptors (Lipinski definition) is 5. The fourth-order valence-electron chi connectivity index (χ4n) is 4.30. The molecule has 1 aromatic carbocycles. The number of carbonyl (C=O) groups excluding carboxylic acids is 2. The summed E-state index contributed by atoms with van der Waals surface area (Å²) in [5.74, 6) is 0.631. The molecule has 5 heteroatoms. The van der Waals surface area contributed by atoms with Gasteiger partial charge in [0.1, 0.15) is 22.9 Å². The van der Waals surface area contributed by atoms with Gasteiger partial charge in [0.05, 0.1) is 12.5 Å². The Morgan fingerprint density at radius 2 is 2.04 bits per heavy atom. The minimum Gasteiger partial charge on any atom is -0.508 e. The van der Waals surface area contributed by atoms with Gasteiger partial charge in [-0.05, 0) is 51.8 Å². The van der Waals surface area contributed by atoms with Crippen molar-refractivity contribution in [1.29, 1.82) is 0 Å². The number of hydrogen-bond donors (Lipinski definition) is 1. The third-order valence-corrected chi connectivity index (χ3v) is 5.84. The average Bonchev–Trinajstić information content (AvgIpc) is 2.52. The minimum atomic E-state index is -0.909. The van der Waals surface area contributed by atoms with Crippen LogP contribution in [0.1, 0.15) is 64.0 Å². The van der Waals surface area contributed by atoms with Crippen molar-refractivity contribution in [2.24, 2.45) is 5.92 Å². The van der Waals surface area contributed by atoms with Crippen LogP contribution in [-0.4, -0.2) is 29.6 Å². The molecule has 136 valence electrons. The molecular formula is C20H26O5. The molecule has 1 saturated carbocycles. The van der Waals surface area contributed by atoms with Crippen LogP contribution in [0.2, 0.25) is 0 Å². The highest BCUT2D eigenvalue weighted by atomic mass is 16.5. The van der Waals surface area contributed by atoms with Crippen LogP contribution in [-0.2, 0) is 19.7 Å². The average molecular weight is 346 g/mol. The van der Waals surface area contributed by atoms with Crippen LogP contribution in [0.15, 0.2) is 12.1 Å². The largest absolute Gasteiger partial charge is 0.508 e. The number of esters is 1. The van der Waals surface area contributed by atoms with Crippen molar-refractivity contribution in [1.82, 2.24) is 0 Å². The lowest BCUT2D eigenvalue weighted by atomic mass is 9.66. The zero-order valence-corrected chi connectivity index (χ0v) is 15.5. The first kappa shape index (κ1) is 17.8. The Morgan fingerprint density at radius 3 is 2.68 bits per heavy atom. The molecule has 0 amide bonds. The van der Waals surface area contributed by atoms with Gasteiger partial charge in [-0.25, -0.2) is 0 Å². The van der Waals surface area contributed by atoms with Crippen molar-refractivity contribution in [3.63, 3.8) is 0 Å². The SMILES string of the molecule is COC(=O)C(C)(C)c1cc(O)c2c(c1)OC(C)(C)C1CCC(=O)CC21. The molecule has 0 aromatic heterocycles. The summed E-state index contributed by atoms with van der Waals surface area (Å²) in [6.07, 6.45) is 1.76. The summed E-state index contributed by atoms with van der Waals surface area (Å²) in [6, 6.07) is 3.41. The quantitative estimate of drug-likeness (QED) is 0.830. The van der Waals surface area contributed by atoms with E-state index in [0.29, 0.717) is 29.7 Å². The van der Waals surface area contributed by atoms with Gasteiger partial charge < -0.3 is 14.6 Å². The van der Waals surface area contributed by atoms with E-state index < -0.39 is 11.0 Å². The second kappa shape index (κ2) is 5.75. The first-order chi connectivity index (χ1) is 11.6. The number of rotatable bonds is 2. The lowest BCUT2D eigenvalue weighted by Gasteiger charge is -2.47. The number of phenols is 1. The van der Waals surface area contributed by atoms with E-state index in [2.05, 4.69) is 0 Å². The minimum absolute atomic E-state index is 0.0460. The van der Waals surface area contributed by atoms with Gasteiger partial charge in [-0.15, -0.1) is 0 Å². The Balaban J connectivity index is 2.12. The molecule has 1 aromatic rings. The zero-order chi connectivity index (χ0) is 18.6. The lowest BCUT2D eigenvalue weighted by Crippen LogP contribution is -2.47. The van der Waals surface area contributed by atoms with E-state index in [-0.39, 0.29) is 29.3 Å². The van der Waals surface area contributed by atoms with Crippen LogP contribution in [0.25, 0.3) is 0 Å². The number of phenolic OH excluding ortho intramolecular Hbond substituents is 1. The van der Waals surface area contributed by atoms with Gasteiger partial charge in [-0.3, -0.25) is 9.59 Å². The summed E-state index contributed by atoms with van der Waals surface area (Å²) >= 11 is 0. The van der Waals surface area contributed by atoms with Crippen molar-refractivity contribution in [3.05, 3.63) is 23.3 Å². The molecule has 2 aliphatic rings. The number of aromatic hydroxyl groups is 1. The van der Waals surface area contributed by atoms with Crippen LogP contribution < -0.4 is 4.74 Å². The van der Waals surface area contributed by atoms with E-state index in [1.54, 1.807) is 19.9 Å². The second-order valence-corrected chi connectivity index (χ2v) is 8.22. The summed E-state index contributed by atoms with van der Waals surface area (Å²) in [6.45, 7) is 7.55. The van der Waals surface area contributed by atoms with E-state index in [9.17, 15) is 14.7 Å². The molecular weight excluding hydrogens is 320 g/mol. The molecule has 1 N–H and O–H groups in total. The Kier molecular flexibility index (Phi) is 4.09. The fourth-order valence-corrected chi connectivity index (χ4v) is 4.30. The molecule has 1 heterocycles. The van der Waals surface area contributed by atoms with E-state index in [1.807, 2.05) is 19.9 Å². The van der Waals surface area contributed by atoms with Crippen LogP contribution in [0.4, 0.5) is 0 Å². The van der Waals surface area contributed by atoms with Crippen molar-refractivity contribution < 1.29 is 24.2 Å². The molecule has 1 aliphatic heterocycles. The monoisotopic (exact) mass is 346 g/mol. The Hall–Kier alpha value is -2.04. The second-order valence-electron chi connectivity index (χ2n) is 8.22. The Morgan fingerprint density at radius 1 is 1.36 bits per heavy atom. The maximum absolute atomic E-state index is 12.1. The molecule has 0 spiro atoms. The Bertz CT molecular complexity index is 732. The normalized spacial score (nSPS) is 24.8. The molecule has 5 nitrogen and oxygen atoms in total. The molecule has 0 bridgehead atoms. The van der Waals surface area contributed by atoms with Gasteiger partial charge in [-0.2, -0.15) is 0 Å². The summed E-state index contributed by atoms with van der Waals surface area (Å²) in [4.78, 5) is 24.1. The summed E-state index contributed by atoms with van der Waals surface area (Å²) < 4.78 is 11.1. The number of ketones is 1. The summed E-state index contributed by atoms with van der Waals surface area (Å²) in [7, 11) is 1.35. The predicted octanol–water partition coefficient (Wildman–Crippen LogP) is 3.47. The maximum Gasteiger partial charge on any atom is 0.315 e. The summed E-state index contributed by atoms with van der Waals surface area (Å²) in [5, 5.41) is 10.7. The van der Waals surface area contributed by atoms with Gasteiger partial charge in [0.2, 0.25) is 0 Å². The number of Topliss-reactive ketones (excluding diaryl/α,β-unsaturated/α-hetero) is 1. The Labute approximate surface area is 148 Å². The number of carbonyl (C=O) groups is 2. The maximum atomic E-state index is 12.1. The number of fused-ring (bicyclic) bond motifs is 3. The van der Waals surface area contributed by atoms with Crippen LogP contribution in [0, 0.1) is 5.92 Å². The van der Waals surface area contributed by atoms with E-state index in [4.69, 9.17) is 9.47 Å². The first-order valence-corrected chi connectivity index (χ1v) is 8.74. The molecule has 0 radical (unpaired) electrons. The molecule has 2 atom stereocenters. The van der Waals surface area contributed by atoms with Crippen LogP contribution >= 0.6 is 0 Å². The smallest absolute Gasteiger partial charge is 0.315 e. The van der Waals surface area contributed by atoms with E-state index in [1.165, 1.54) is 7.11 Å². The third-order valence-electron chi connectivity index (χ3n) is 5.84. The zero-order valence-electron chi connectivity index (χ0n) is 15.5. The van der Waals surface area contributed by atoms with Crippen molar-refractivity contribution in [2.45, 2.75) is 63.9 Å². The topological polar surface area (TPSA) is 72.8 Å². The molecule has 1 fully saturated rings.